The van der Waals surface area contributed by atoms with E-state index in [1.807, 2.05) is 0 Å². The van der Waals surface area contributed by atoms with Crippen LogP contribution >= 0.6 is 11.6 Å². The number of para-hydroxylation sites is 1. The van der Waals surface area contributed by atoms with E-state index in [-0.39, 0.29) is 24.1 Å². The summed E-state index contributed by atoms with van der Waals surface area (Å²) in [6.45, 7) is 0. The van der Waals surface area contributed by atoms with E-state index in [2.05, 4.69) is 0 Å². The van der Waals surface area contributed by atoms with Crippen LogP contribution in [0.25, 0.3) is 0 Å². The first-order valence-electron chi connectivity index (χ1n) is 14.5. The van der Waals surface area contributed by atoms with E-state index in [4.69, 9.17) is 16.3 Å². The van der Waals surface area contributed by atoms with Gasteiger partial charge in [0.05, 0.1) is 36.0 Å². The average molecular weight is 629 g/mol. The summed E-state index contributed by atoms with van der Waals surface area (Å²) in [5.41, 5.74) is -0.385. The van der Waals surface area contributed by atoms with Gasteiger partial charge in [-0.15, -0.1) is 0 Å². The van der Waals surface area contributed by atoms with Crippen molar-refractivity contribution in [1.29, 1.82) is 0 Å². The van der Waals surface area contributed by atoms with Gasteiger partial charge in [-0.05, 0) is 48.6 Å². The maximum absolute atomic E-state index is 15.1. The highest BCUT2D eigenvalue weighted by atomic mass is 35.5. The molecule has 4 aliphatic rings. The minimum Gasteiger partial charge on any atom is -0.505 e. The predicted octanol–water partition coefficient (Wildman–Crippen LogP) is 5.11. The highest BCUT2D eigenvalue weighted by Gasteiger charge is 2.70. The largest absolute Gasteiger partial charge is 0.505 e. The summed E-state index contributed by atoms with van der Waals surface area (Å²) in [5, 5.41) is 11.5. The van der Waals surface area contributed by atoms with Crippen molar-refractivity contribution < 1.29 is 38.2 Å². The summed E-state index contributed by atoms with van der Waals surface area (Å²) in [4.78, 5) is 70.8. The molecule has 0 bridgehead atoms. The molecule has 45 heavy (non-hydrogen) atoms. The molecule has 0 spiro atoms. The Bertz CT molecular complexity index is 1840. The number of phenols is 1. The first kappa shape index (κ1) is 28.9. The number of ether oxygens (including phenoxy) is 1. The van der Waals surface area contributed by atoms with Crippen LogP contribution in [0.4, 0.5) is 14.9 Å². The number of methoxy groups -OCH3 is 1. The van der Waals surface area contributed by atoms with Crippen molar-refractivity contribution in [3.63, 3.8) is 0 Å². The number of nitrogens with zero attached hydrogens (tertiary/aromatic N) is 2. The molecule has 0 aromatic heterocycles. The molecule has 1 N–H and O–H groups in total. The normalized spacial score (nSPS) is 28.9. The number of amides is 5. The van der Waals surface area contributed by atoms with E-state index < -0.39 is 76.3 Å². The molecule has 6 unspecified atom stereocenters. The molecule has 3 aromatic carbocycles. The van der Waals surface area contributed by atoms with Crippen LogP contribution in [0.2, 0.25) is 5.02 Å². The molecular weight excluding hydrogens is 603 g/mol. The van der Waals surface area contributed by atoms with Crippen molar-refractivity contribution in [1.82, 2.24) is 4.90 Å². The summed E-state index contributed by atoms with van der Waals surface area (Å²) < 4.78 is 19.8. The lowest BCUT2D eigenvalue weighted by atomic mass is 9.49. The van der Waals surface area contributed by atoms with Gasteiger partial charge in [-0.2, -0.15) is 4.90 Å². The molecule has 9 nitrogen and oxygen atoms in total. The standard InChI is InChI=1S/C34H26ClFN2O7/c1-45-33(44)38-29(40)21-14-13-20-23(26(21)31(38)42)16-24-30(41)37(19-10-5-9-18(35)15-19)32(43)34(24,17-7-3-2-4-8-17)27(20)22-11-6-12-25(36)28(22)39/h2-13,15,21,23-24,26-27,39H,14,16H2,1H3. The van der Waals surface area contributed by atoms with Gasteiger partial charge in [0.1, 0.15) is 0 Å². The number of benzene rings is 3. The minimum absolute atomic E-state index is 0.0237. The number of allylic oxidation sites excluding steroid dienone is 2. The van der Waals surface area contributed by atoms with Crippen LogP contribution < -0.4 is 4.90 Å². The molecule has 2 aliphatic carbocycles. The lowest BCUT2D eigenvalue weighted by Gasteiger charge is -2.50. The first-order chi connectivity index (χ1) is 21.6. The Kier molecular flexibility index (Phi) is 6.67. The molecule has 2 heterocycles. The predicted molar refractivity (Wildman–Crippen MR) is 158 cm³/mol. The van der Waals surface area contributed by atoms with Crippen LogP contribution in [0.3, 0.4) is 0 Å². The van der Waals surface area contributed by atoms with Crippen LogP contribution in [0.5, 0.6) is 5.75 Å². The molecule has 2 saturated heterocycles. The topological polar surface area (TPSA) is 121 Å². The average Bonchev–Trinajstić information content (AvgIpc) is 3.43. The number of rotatable bonds is 3. The smallest absolute Gasteiger partial charge is 0.423 e. The Morgan fingerprint density at radius 3 is 2.40 bits per heavy atom. The van der Waals surface area contributed by atoms with E-state index in [0.717, 1.165) is 18.1 Å². The fourth-order valence-electron chi connectivity index (χ4n) is 8.12. The molecule has 11 heteroatoms. The second kappa shape index (κ2) is 10.4. The van der Waals surface area contributed by atoms with Gasteiger partial charge < -0.3 is 9.84 Å². The maximum atomic E-state index is 15.1. The highest BCUT2D eigenvalue weighted by molar-refractivity contribution is 6.32. The fourth-order valence-corrected chi connectivity index (χ4v) is 8.31. The quantitative estimate of drug-likeness (QED) is 0.316. The van der Waals surface area contributed by atoms with Crippen LogP contribution in [0, 0.1) is 29.5 Å². The van der Waals surface area contributed by atoms with Gasteiger partial charge in [0, 0.05) is 16.5 Å². The van der Waals surface area contributed by atoms with Crippen molar-refractivity contribution in [2.24, 2.45) is 23.7 Å². The van der Waals surface area contributed by atoms with Gasteiger partial charge in [-0.1, -0.05) is 71.8 Å². The number of carbonyl (C=O) groups is 5. The summed E-state index contributed by atoms with van der Waals surface area (Å²) >= 11 is 6.28. The Morgan fingerprint density at radius 2 is 1.69 bits per heavy atom. The second-order valence-corrected chi connectivity index (χ2v) is 12.2. The van der Waals surface area contributed by atoms with Gasteiger partial charge in [0.2, 0.25) is 23.6 Å². The molecule has 6 atom stereocenters. The van der Waals surface area contributed by atoms with E-state index in [1.54, 1.807) is 54.6 Å². The molecule has 0 radical (unpaired) electrons. The van der Waals surface area contributed by atoms with Crippen molar-refractivity contribution in [3.8, 4) is 5.75 Å². The van der Waals surface area contributed by atoms with Gasteiger partial charge in [-0.25, -0.2) is 14.1 Å². The zero-order valence-electron chi connectivity index (χ0n) is 23.9. The minimum atomic E-state index is -1.67. The summed E-state index contributed by atoms with van der Waals surface area (Å²) in [6, 6.07) is 19.0. The van der Waals surface area contributed by atoms with E-state index in [0.29, 0.717) is 21.1 Å². The molecule has 3 aromatic rings. The number of hydrogen-bond donors (Lipinski definition) is 1. The van der Waals surface area contributed by atoms with Crippen molar-refractivity contribution in [2.75, 3.05) is 12.0 Å². The first-order valence-corrected chi connectivity index (χ1v) is 14.8. The number of fused-ring (bicyclic) bond motifs is 4. The maximum Gasteiger partial charge on any atom is 0.423 e. The van der Waals surface area contributed by atoms with Gasteiger partial charge in [-0.3, -0.25) is 19.2 Å². The molecule has 5 amide bonds. The number of phenolic OH excluding ortho intramolecular Hbond substituents is 1. The molecule has 7 rings (SSSR count). The zero-order valence-corrected chi connectivity index (χ0v) is 24.6. The third-order valence-electron chi connectivity index (χ3n) is 9.85. The summed E-state index contributed by atoms with van der Waals surface area (Å²) in [5.74, 6) is -9.16. The Balaban J connectivity index is 1.51. The molecule has 3 fully saturated rings. The Morgan fingerprint density at radius 1 is 0.956 bits per heavy atom. The van der Waals surface area contributed by atoms with Crippen molar-refractivity contribution >= 4 is 47.0 Å². The second-order valence-electron chi connectivity index (χ2n) is 11.8. The van der Waals surface area contributed by atoms with Crippen LogP contribution in [-0.4, -0.2) is 46.8 Å². The number of halogens is 2. The molecule has 2 aliphatic heterocycles. The summed E-state index contributed by atoms with van der Waals surface area (Å²) in [6.07, 6.45) is 0.669. The third kappa shape index (κ3) is 3.88. The molecule has 1 saturated carbocycles. The lowest BCUT2D eigenvalue weighted by Crippen LogP contribution is -2.53. The number of likely N-dealkylation sites (tertiary alicyclic amines) is 1. The number of carbonyl (C=O) groups excluding carboxylic acids is 5. The number of aromatic hydroxyl groups is 1. The van der Waals surface area contributed by atoms with Crippen LogP contribution in [0.15, 0.2) is 84.4 Å². The zero-order chi connectivity index (χ0) is 31.8. The SMILES string of the molecule is COC(=O)N1C(=O)C2CC=C3C(CC4C(=O)N(c5cccc(Cl)c5)C(=O)C4(c4ccccc4)C3c3cccc(F)c3O)C2C1=O. The molecular formula is C34H26ClFN2O7. The Labute approximate surface area is 261 Å². The molecule has 228 valence electrons. The lowest BCUT2D eigenvalue weighted by molar-refractivity contribution is -0.138. The fraction of sp³-hybridized carbons (Fsp3) is 0.265. The Hall–Kier alpha value is -4.83. The van der Waals surface area contributed by atoms with E-state index in [9.17, 15) is 24.3 Å². The number of hydrogen-bond acceptors (Lipinski definition) is 7. The monoisotopic (exact) mass is 628 g/mol. The van der Waals surface area contributed by atoms with Crippen molar-refractivity contribution in [3.05, 3.63) is 106 Å². The van der Waals surface area contributed by atoms with Gasteiger partial charge >= 0.3 is 6.09 Å². The highest BCUT2D eigenvalue weighted by Crippen LogP contribution is 2.65. The van der Waals surface area contributed by atoms with Crippen molar-refractivity contribution in [2.45, 2.75) is 24.2 Å². The number of imide groups is 4. The van der Waals surface area contributed by atoms with Gasteiger partial charge in [0.25, 0.3) is 0 Å². The third-order valence-corrected chi connectivity index (χ3v) is 10.1. The van der Waals surface area contributed by atoms with Crippen LogP contribution in [0.1, 0.15) is 29.9 Å². The van der Waals surface area contributed by atoms with Gasteiger partial charge in [0.15, 0.2) is 11.6 Å². The van der Waals surface area contributed by atoms with Crippen LogP contribution in [-0.2, 0) is 29.3 Å². The van der Waals surface area contributed by atoms with E-state index in [1.165, 1.54) is 18.2 Å². The van der Waals surface area contributed by atoms with E-state index >= 15 is 9.18 Å². The summed E-state index contributed by atoms with van der Waals surface area (Å²) in [7, 11) is 1.07. The number of anilines is 1.